The molecule has 3 heterocycles. The molecule has 0 atom stereocenters. The quantitative estimate of drug-likeness (QED) is 0.578. The van der Waals surface area contributed by atoms with Gasteiger partial charge in [-0.25, -0.2) is 14.4 Å². The summed E-state index contributed by atoms with van der Waals surface area (Å²) in [7, 11) is 0. The lowest BCUT2D eigenvalue weighted by molar-refractivity contribution is 0.0590. The number of carbonyl (C=O) groups excluding carboxylic acids is 1. The third-order valence-electron chi connectivity index (χ3n) is 7.07. The Morgan fingerprint density at radius 2 is 1.84 bits per heavy atom. The van der Waals surface area contributed by atoms with E-state index in [1.54, 1.807) is 23.4 Å². The fraction of sp³-hybridized carbons (Fsp3) is 0.480. The van der Waals surface area contributed by atoms with E-state index in [1.165, 1.54) is 49.1 Å². The van der Waals surface area contributed by atoms with Crippen molar-refractivity contribution in [3.63, 3.8) is 0 Å². The number of hydrogen-bond acceptors (Lipinski definition) is 4. The molecule has 0 bridgehead atoms. The van der Waals surface area contributed by atoms with Crippen molar-refractivity contribution < 1.29 is 13.9 Å². The highest BCUT2D eigenvalue weighted by Gasteiger charge is 2.28. The van der Waals surface area contributed by atoms with E-state index >= 15 is 0 Å². The van der Waals surface area contributed by atoms with E-state index in [-0.39, 0.29) is 12.0 Å². The van der Waals surface area contributed by atoms with Gasteiger partial charge >= 0.3 is 0 Å². The smallest absolute Gasteiger partial charge is 0.253 e. The Balaban J connectivity index is 1.32. The standard InChI is InChI=1S/C25H29FN4O2/c1-16-17(2)30(20-8-3-4-9-20)23-22(16)24(28-15-27-23)32-21-10-12-29(13-11-21)25(31)18-6-5-7-19(26)14-18/h5-7,14-15,20-21H,3-4,8-13H2,1-2H3. The molecule has 1 aliphatic carbocycles. The van der Waals surface area contributed by atoms with Crippen LogP contribution in [0.5, 0.6) is 5.88 Å². The zero-order chi connectivity index (χ0) is 22.2. The van der Waals surface area contributed by atoms with Gasteiger partial charge in [-0.2, -0.15) is 0 Å². The maximum absolute atomic E-state index is 13.5. The normalized spacial score (nSPS) is 17.9. The fourth-order valence-corrected chi connectivity index (χ4v) is 5.23. The van der Waals surface area contributed by atoms with Gasteiger partial charge in [0.25, 0.3) is 5.91 Å². The lowest BCUT2D eigenvalue weighted by Gasteiger charge is -2.32. The van der Waals surface area contributed by atoms with Crippen LogP contribution in [-0.2, 0) is 0 Å². The van der Waals surface area contributed by atoms with E-state index in [1.807, 2.05) is 0 Å². The number of aryl methyl sites for hydroxylation is 1. The Kier molecular flexibility index (Phi) is 5.57. The molecule has 7 heteroatoms. The predicted molar refractivity (Wildman–Crippen MR) is 120 cm³/mol. The van der Waals surface area contributed by atoms with Crippen LogP contribution in [0.25, 0.3) is 11.0 Å². The van der Waals surface area contributed by atoms with Crippen LogP contribution in [0.2, 0.25) is 0 Å². The highest BCUT2D eigenvalue weighted by atomic mass is 19.1. The van der Waals surface area contributed by atoms with Crippen LogP contribution >= 0.6 is 0 Å². The molecule has 6 nitrogen and oxygen atoms in total. The summed E-state index contributed by atoms with van der Waals surface area (Å²) in [5.41, 5.74) is 3.78. The van der Waals surface area contributed by atoms with E-state index < -0.39 is 5.82 Å². The van der Waals surface area contributed by atoms with Crippen LogP contribution in [0.3, 0.4) is 0 Å². The third kappa shape index (κ3) is 3.74. The van der Waals surface area contributed by atoms with Gasteiger partial charge < -0.3 is 14.2 Å². The average molecular weight is 437 g/mol. The third-order valence-corrected chi connectivity index (χ3v) is 7.07. The van der Waals surface area contributed by atoms with Crippen LogP contribution in [0.15, 0.2) is 30.6 Å². The van der Waals surface area contributed by atoms with Crippen molar-refractivity contribution in [3.8, 4) is 5.88 Å². The molecule has 1 saturated heterocycles. The number of likely N-dealkylation sites (tertiary alicyclic amines) is 1. The summed E-state index contributed by atoms with van der Waals surface area (Å²) in [6, 6.07) is 6.38. The second kappa shape index (κ2) is 8.52. The first-order valence-electron chi connectivity index (χ1n) is 11.6. The molecule has 1 aromatic carbocycles. The molecule has 1 aliphatic heterocycles. The Hall–Kier alpha value is -2.96. The van der Waals surface area contributed by atoms with Gasteiger partial charge in [-0.3, -0.25) is 4.79 Å². The number of fused-ring (bicyclic) bond motifs is 1. The molecule has 0 unspecified atom stereocenters. The van der Waals surface area contributed by atoms with E-state index in [9.17, 15) is 9.18 Å². The zero-order valence-electron chi connectivity index (χ0n) is 18.7. The number of hydrogen-bond donors (Lipinski definition) is 0. The molecular weight excluding hydrogens is 407 g/mol. The van der Waals surface area contributed by atoms with Crippen LogP contribution in [0.1, 0.15) is 66.2 Å². The van der Waals surface area contributed by atoms with Gasteiger partial charge in [0.2, 0.25) is 5.88 Å². The minimum atomic E-state index is -0.392. The summed E-state index contributed by atoms with van der Waals surface area (Å²) < 4.78 is 22.2. The molecule has 2 aliphatic rings. The molecule has 1 amide bonds. The molecule has 0 radical (unpaired) electrons. The average Bonchev–Trinajstić information content (AvgIpc) is 3.41. The molecule has 3 aromatic rings. The van der Waals surface area contributed by atoms with Crippen molar-refractivity contribution in [2.24, 2.45) is 0 Å². The van der Waals surface area contributed by atoms with Crippen molar-refractivity contribution in [1.29, 1.82) is 0 Å². The van der Waals surface area contributed by atoms with E-state index in [4.69, 9.17) is 4.74 Å². The summed E-state index contributed by atoms with van der Waals surface area (Å²) >= 11 is 0. The second-order valence-electron chi connectivity index (χ2n) is 9.02. The second-order valence-corrected chi connectivity index (χ2v) is 9.02. The van der Waals surface area contributed by atoms with Crippen LogP contribution in [-0.4, -0.2) is 44.5 Å². The molecule has 2 fully saturated rings. The van der Waals surface area contributed by atoms with Gasteiger partial charge in [-0.15, -0.1) is 0 Å². The minimum absolute atomic E-state index is 0.0146. The maximum atomic E-state index is 13.5. The van der Waals surface area contributed by atoms with Crippen LogP contribution in [0, 0.1) is 19.7 Å². The molecular formula is C25H29FN4O2. The molecule has 2 aromatic heterocycles. The monoisotopic (exact) mass is 436 g/mol. The van der Waals surface area contributed by atoms with Crippen molar-refractivity contribution in [2.75, 3.05) is 13.1 Å². The molecule has 1 saturated carbocycles. The first kappa shape index (κ1) is 20.9. The van der Waals surface area contributed by atoms with Gasteiger partial charge in [0.15, 0.2) is 0 Å². The largest absolute Gasteiger partial charge is 0.474 e. The summed E-state index contributed by atoms with van der Waals surface area (Å²) in [5.74, 6) is 0.117. The van der Waals surface area contributed by atoms with Crippen molar-refractivity contribution in [2.45, 2.75) is 64.5 Å². The summed E-state index contributed by atoms with van der Waals surface area (Å²) in [6.45, 7) is 5.44. The first-order valence-corrected chi connectivity index (χ1v) is 11.6. The highest BCUT2D eigenvalue weighted by Crippen LogP contribution is 2.38. The number of halogens is 1. The number of nitrogens with zero attached hydrogens (tertiary/aromatic N) is 4. The number of benzene rings is 1. The maximum Gasteiger partial charge on any atom is 0.253 e. The Labute approximate surface area is 187 Å². The van der Waals surface area contributed by atoms with Gasteiger partial charge in [-0.1, -0.05) is 18.9 Å². The molecule has 5 rings (SSSR count). The van der Waals surface area contributed by atoms with E-state index in [2.05, 4.69) is 28.4 Å². The molecule has 168 valence electrons. The summed E-state index contributed by atoms with van der Waals surface area (Å²) in [4.78, 5) is 23.6. The molecule has 32 heavy (non-hydrogen) atoms. The predicted octanol–water partition coefficient (Wildman–Crippen LogP) is 4.99. The molecule has 0 N–H and O–H groups in total. The van der Waals surface area contributed by atoms with E-state index in [0.717, 1.165) is 11.0 Å². The number of amides is 1. The van der Waals surface area contributed by atoms with Crippen molar-refractivity contribution in [3.05, 3.63) is 53.2 Å². The zero-order valence-corrected chi connectivity index (χ0v) is 18.7. The lowest BCUT2D eigenvalue weighted by Crippen LogP contribution is -2.41. The van der Waals surface area contributed by atoms with E-state index in [0.29, 0.717) is 43.4 Å². The van der Waals surface area contributed by atoms with Crippen molar-refractivity contribution in [1.82, 2.24) is 19.4 Å². The van der Waals surface area contributed by atoms with Gasteiger partial charge in [0.05, 0.1) is 5.39 Å². The number of rotatable bonds is 4. The Morgan fingerprint density at radius 1 is 1.09 bits per heavy atom. The van der Waals surface area contributed by atoms with Gasteiger partial charge in [0.1, 0.15) is 23.9 Å². The van der Waals surface area contributed by atoms with Crippen molar-refractivity contribution >= 4 is 16.9 Å². The topological polar surface area (TPSA) is 60.2 Å². The van der Waals surface area contributed by atoms with Crippen LogP contribution in [0.4, 0.5) is 4.39 Å². The highest BCUT2D eigenvalue weighted by molar-refractivity contribution is 5.94. The fourth-order valence-electron chi connectivity index (χ4n) is 5.23. The summed E-state index contributed by atoms with van der Waals surface area (Å²) in [5, 5.41) is 1.01. The van der Waals surface area contributed by atoms with Gasteiger partial charge in [-0.05, 0) is 50.5 Å². The Morgan fingerprint density at radius 3 is 2.56 bits per heavy atom. The lowest BCUT2D eigenvalue weighted by atomic mass is 10.1. The number of aromatic nitrogens is 3. The SMILES string of the molecule is Cc1c(C)n(C2CCCC2)c2ncnc(OC3CCN(C(=O)c4cccc(F)c4)CC3)c12. The minimum Gasteiger partial charge on any atom is -0.474 e. The number of piperidine rings is 1. The van der Waals surface area contributed by atoms with Crippen LogP contribution < -0.4 is 4.74 Å². The summed E-state index contributed by atoms with van der Waals surface area (Å²) in [6.07, 6.45) is 7.95. The first-order chi connectivity index (χ1) is 15.5. The van der Waals surface area contributed by atoms with Gasteiger partial charge in [0, 0.05) is 43.2 Å². The molecule has 0 spiro atoms. The number of ether oxygens (including phenoxy) is 1. The Bertz CT molecular complexity index is 1140. The number of carbonyl (C=O) groups is 1.